The van der Waals surface area contributed by atoms with Crippen LogP contribution in [0.15, 0.2) is 30.3 Å². The number of rotatable bonds is 3. The molecule has 1 unspecified atom stereocenters. The Balaban J connectivity index is 1.75. The fourth-order valence-electron chi connectivity index (χ4n) is 3.48. The third-order valence-electron chi connectivity index (χ3n) is 4.89. The molecule has 2 heterocycles. The molecule has 21 heavy (non-hydrogen) atoms. The topological polar surface area (TPSA) is 41.7 Å². The van der Waals surface area contributed by atoms with E-state index in [1.165, 1.54) is 5.56 Å². The molecular weight excluding hydrogens is 262 g/mol. The van der Waals surface area contributed by atoms with E-state index in [1.807, 2.05) is 0 Å². The van der Waals surface area contributed by atoms with Gasteiger partial charge in [-0.25, -0.2) is 0 Å². The predicted octanol–water partition coefficient (Wildman–Crippen LogP) is 1.48. The van der Waals surface area contributed by atoms with Crippen molar-refractivity contribution in [2.75, 3.05) is 46.4 Å². The zero-order valence-corrected chi connectivity index (χ0v) is 13.0. The summed E-state index contributed by atoms with van der Waals surface area (Å²) in [6.07, 6.45) is 1.95. The average molecular weight is 289 g/mol. The average Bonchev–Trinajstić information content (AvgIpc) is 2.50. The minimum atomic E-state index is -0.0822. The highest BCUT2D eigenvalue weighted by Gasteiger charge is 2.35. The van der Waals surface area contributed by atoms with Crippen molar-refractivity contribution in [1.82, 2.24) is 9.80 Å². The summed E-state index contributed by atoms with van der Waals surface area (Å²) in [7, 11) is 2.21. The molecule has 2 fully saturated rings. The Morgan fingerprint density at radius 2 is 1.90 bits per heavy atom. The van der Waals surface area contributed by atoms with Crippen LogP contribution in [-0.2, 0) is 4.74 Å². The summed E-state index contributed by atoms with van der Waals surface area (Å²) in [6, 6.07) is 11.3. The Bertz CT molecular complexity index is 445. The highest BCUT2D eigenvalue weighted by atomic mass is 16.5. The van der Waals surface area contributed by atoms with Gasteiger partial charge in [0.05, 0.1) is 0 Å². The summed E-state index contributed by atoms with van der Waals surface area (Å²) in [5.41, 5.74) is 7.95. The number of hydrogen-bond donors (Lipinski definition) is 1. The van der Waals surface area contributed by atoms with E-state index in [2.05, 4.69) is 47.2 Å². The van der Waals surface area contributed by atoms with Crippen molar-refractivity contribution in [2.24, 2.45) is 5.73 Å². The molecule has 2 aliphatic heterocycles. The van der Waals surface area contributed by atoms with Crippen LogP contribution in [0, 0.1) is 0 Å². The normalized spacial score (nSPS) is 27.6. The van der Waals surface area contributed by atoms with Gasteiger partial charge in [-0.05, 0) is 25.5 Å². The van der Waals surface area contributed by atoms with Crippen LogP contribution in [0.4, 0.5) is 0 Å². The van der Waals surface area contributed by atoms with E-state index >= 15 is 0 Å². The molecule has 2 aliphatic rings. The Kier molecular flexibility index (Phi) is 4.60. The standard InChI is InChI=1S/C17H27N3O/c1-19-9-10-20(14-17(18)7-11-21-12-8-17)16(13-19)15-5-3-2-4-6-15/h2-6,16H,7-14,18H2,1H3. The summed E-state index contributed by atoms with van der Waals surface area (Å²) in [4.78, 5) is 5.00. The first-order chi connectivity index (χ1) is 10.2. The zero-order valence-electron chi connectivity index (χ0n) is 13.0. The molecule has 2 N–H and O–H groups in total. The highest BCUT2D eigenvalue weighted by molar-refractivity contribution is 5.20. The molecule has 2 saturated heterocycles. The van der Waals surface area contributed by atoms with Gasteiger partial charge >= 0.3 is 0 Å². The SMILES string of the molecule is CN1CCN(CC2(N)CCOCC2)C(c2ccccc2)C1. The molecular formula is C17H27N3O. The third-order valence-corrected chi connectivity index (χ3v) is 4.89. The van der Waals surface area contributed by atoms with Crippen molar-refractivity contribution in [3.8, 4) is 0 Å². The summed E-state index contributed by atoms with van der Waals surface area (Å²) < 4.78 is 5.48. The molecule has 3 rings (SSSR count). The molecule has 0 saturated carbocycles. The smallest absolute Gasteiger partial charge is 0.0484 e. The maximum atomic E-state index is 6.63. The van der Waals surface area contributed by atoms with Crippen molar-refractivity contribution >= 4 is 0 Å². The molecule has 1 aromatic carbocycles. The third kappa shape index (κ3) is 3.64. The minimum Gasteiger partial charge on any atom is -0.381 e. The van der Waals surface area contributed by atoms with Gasteiger partial charge in [0.25, 0.3) is 0 Å². The molecule has 0 radical (unpaired) electrons. The quantitative estimate of drug-likeness (QED) is 0.915. The lowest BCUT2D eigenvalue weighted by Gasteiger charge is -2.45. The van der Waals surface area contributed by atoms with Gasteiger partial charge in [0, 0.05) is 51.0 Å². The van der Waals surface area contributed by atoms with E-state index in [-0.39, 0.29) is 5.54 Å². The second kappa shape index (κ2) is 6.44. The molecule has 1 atom stereocenters. The summed E-state index contributed by atoms with van der Waals surface area (Å²) in [5, 5.41) is 0. The Morgan fingerprint density at radius 1 is 1.19 bits per heavy atom. The lowest BCUT2D eigenvalue weighted by atomic mass is 9.89. The molecule has 116 valence electrons. The number of ether oxygens (including phenoxy) is 1. The highest BCUT2D eigenvalue weighted by Crippen LogP contribution is 2.28. The first-order valence-corrected chi connectivity index (χ1v) is 8.00. The number of benzene rings is 1. The van der Waals surface area contributed by atoms with Crippen LogP contribution in [0.3, 0.4) is 0 Å². The van der Waals surface area contributed by atoms with Gasteiger partial charge in [-0.3, -0.25) is 4.90 Å². The van der Waals surface area contributed by atoms with Crippen molar-refractivity contribution in [1.29, 1.82) is 0 Å². The van der Waals surface area contributed by atoms with Crippen LogP contribution in [0.25, 0.3) is 0 Å². The molecule has 0 spiro atoms. The van der Waals surface area contributed by atoms with Crippen LogP contribution in [0.2, 0.25) is 0 Å². The van der Waals surface area contributed by atoms with E-state index in [1.54, 1.807) is 0 Å². The Morgan fingerprint density at radius 3 is 2.62 bits per heavy atom. The molecule has 0 aromatic heterocycles. The van der Waals surface area contributed by atoms with E-state index in [0.717, 1.165) is 52.2 Å². The van der Waals surface area contributed by atoms with E-state index in [0.29, 0.717) is 6.04 Å². The summed E-state index contributed by atoms with van der Waals surface area (Å²) in [5.74, 6) is 0. The van der Waals surface area contributed by atoms with Gasteiger partial charge in [0.2, 0.25) is 0 Å². The van der Waals surface area contributed by atoms with Gasteiger partial charge < -0.3 is 15.4 Å². The van der Waals surface area contributed by atoms with E-state index in [9.17, 15) is 0 Å². The fourth-order valence-corrected chi connectivity index (χ4v) is 3.48. The molecule has 1 aromatic rings. The lowest BCUT2D eigenvalue weighted by Crippen LogP contribution is -2.57. The largest absolute Gasteiger partial charge is 0.381 e. The minimum absolute atomic E-state index is 0.0822. The van der Waals surface area contributed by atoms with Crippen LogP contribution in [0.5, 0.6) is 0 Å². The maximum absolute atomic E-state index is 6.63. The van der Waals surface area contributed by atoms with Crippen molar-refractivity contribution in [3.05, 3.63) is 35.9 Å². The number of nitrogens with two attached hydrogens (primary N) is 1. The molecule has 0 bridgehead atoms. The van der Waals surface area contributed by atoms with Crippen molar-refractivity contribution in [3.63, 3.8) is 0 Å². The second-order valence-electron chi connectivity index (χ2n) is 6.63. The Hall–Kier alpha value is -0.940. The first kappa shape index (κ1) is 15.0. The van der Waals surface area contributed by atoms with E-state index in [4.69, 9.17) is 10.5 Å². The maximum Gasteiger partial charge on any atom is 0.0484 e. The molecule has 4 heteroatoms. The Labute approximate surface area is 127 Å². The summed E-state index contributed by atoms with van der Waals surface area (Å²) in [6.45, 7) is 5.88. The molecule has 4 nitrogen and oxygen atoms in total. The second-order valence-corrected chi connectivity index (χ2v) is 6.63. The fraction of sp³-hybridized carbons (Fsp3) is 0.647. The molecule has 0 amide bonds. The zero-order chi connectivity index (χ0) is 14.7. The van der Waals surface area contributed by atoms with Crippen LogP contribution in [-0.4, -0.2) is 61.8 Å². The summed E-state index contributed by atoms with van der Waals surface area (Å²) >= 11 is 0. The number of piperazine rings is 1. The van der Waals surface area contributed by atoms with Crippen LogP contribution < -0.4 is 5.73 Å². The van der Waals surface area contributed by atoms with Gasteiger partial charge in [-0.1, -0.05) is 30.3 Å². The van der Waals surface area contributed by atoms with Crippen molar-refractivity contribution in [2.45, 2.75) is 24.4 Å². The van der Waals surface area contributed by atoms with Crippen molar-refractivity contribution < 1.29 is 4.74 Å². The van der Waals surface area contributed by atoms with E-state index < -0.39 is 0 Å². The lowest BCUT2D eigenvalue weighted by molar-refractivity contribution is 0.0132. The molecule has 0 aliphatic carbocycles. The number of hydrogen-bond acceptors (Lipinski definition) is 4. The van der Waals surface area contributed by atoms with Crippen LogP contribution >= 0.6 is 0 Å². The number of nitrogens with zero attached hydrogens (tertiary/aromatic N) is 2. The predicted molar refractivity (Wildman–Crippen MR) is 85.2 cm³/mol. The monoisotopic (exact) mass is 289 g/mol. The van der Waals surface area contributed by atoms with Gasteiger partial charge in [-0.2, -0.15) is 0 Å². The van der Waals surface area contributed by atoms with Crippen LogP contribution in [0.1, 0.15) is 24.4 Å². The number of likely N-dealkylation sites (N-methyl/N-ethyl adjacent to an activating group) is 1. The van der Waals surface area contributed by atoms with Gasteiger partial charge in [-0.15, -0.1) is 0 Å². The first-order valence-electron chi connectivity index (χ1n) is 8.00. The van der Waals surface area contributed by atoms with Gasteiger partial charge in [0.1, 0.15) is 0 Å². The van der Waals surface area contributed by atoms with Gasteiger partial charge in [0.15, 0.2) is 0 Å².